The second-order valence-corrected chi connectivity index (χ2v) is 9.91. The van der Waals surface area contributed by atoms with E-state index >= 15 is 0 Å². The third-order valence-electron chi connectivity index (χ3n) is 6.85. The molecule has 3 aromatic carbocycles. The van der Waals surface area contributed by atoms with Gasteiger partial charge in [0.2, 0.25) is 11.7 Å². The number of nitrogens with zero attached hydrogens (tertiary/aromatic N) is 2. The van der Waals surface area contributed by atoms with Gasteiger partial charge in [-0.2, -0.15) is 0 Å². The van der Waals surface area contributed by atoms with E-state index in [4.69, 9.17) is 30.5 Å². The van der Waals surface area contributed by atoms with Gasteiger partial charge in [0.15, 0.2) is 11.5 Å². The van der Waals surface area contributed by atoms with Crippen molar-refractivity contribution < 1.29 is 28.5 Å². The standard InChI is InChI=1S/C32H35ClN2O6/c1-5-18-41-26-12-8-23(9-13-26)27(22-6-10-25(33)11-7-22)21-30(36)34-14-16-35(17-15-34)32(37)24-19-28(38-2)31(40-4)29(20-24)39-3/h6-13,19-21H,5,14-18H2,1-4H3. The van der Waals surface area contributed by atoms with Gasteiger partial charge >= 0.3 is 0 Å². The molecule has 0 unspecified atom stereocenters. The lowest BCUT2D eigenvalue weighted by molar-refractivity contribution is -0.127. The summed E-state index contributed by atoms with van der Waals surface area (Å²) in [6.45, 7) is 4.31. The first kappa shape index (κ1) is 29.8. The number of hydrogen-bond donors (Lipinski definition) is 0. The molecule has 1 fully saturated rings. The summed E-state index contributed by atoms with van der Waals surface area (Å²) in [5, 5.41) is 0.621. The second kappa shape index (κ2) is 13.9. The minimum absolute atomic E-state index is 0.124. The number of piperazine rings is 1. The molecule has 0 radical (unpaired) electrons. The van der Waals surface area contributed by atoms with Crippen molar-refractivity contribution in [2.24, 2.45) is 0 Å². The molecule has 3 aromatic rings. The molecule has 0 atom stereocenters. The Labute approximate surface area is 246 Å². The minimum Gasteiger partial charge on any atom is -0.494 e. The number of hydrogen-bond acceptors (Lipinski definition) is 6. The van der Waals surface area contributed by atoms with Gasteiger partial charge in [-0.15, -0.1) is 0 Å². The van der Waals surface area contributed by atoms with E-state index in [1.807, 2.05) is 48.5 Å². The van der Waals surface area contributed by atoms with Gasteiger partial charge in [0.05, 0.1) is 27.9 Å². The number of halogens is 1. The van der Waals surface area contributed by atoms with Gasteiger partial charge in [-0.25, -0.2) is 0 Å². The van der Waals surface area contributed by atoms with Crippen LogP contribution in [0.2, 0.25) is 5.02 Å². The monoisotopic (exact) mass is 578 g/mol. The van der Waals surface area contributed by atoms with Crippen molar-refractivity contribution in [3.05, 3.63) is 88.5 Å². The van der Waals surface area contributed by atoms with E-state index in [2.05, 4.69) is 6.92 Å². The molecule has 0 saturated carbocycles. The van der Waals surface area contributed by atoms with E-state index in [9.17, 15) is 9.59 Å². The topological polar surface area (TPSA) is 77.5 Å². The lowest BCUT2D eigenvalue weighted by Crippen LogP contribution is -2.50. The van der Waals surface area contributed by atoms with Crippen LogP contribution in [-0.4, -0.2) is 75.7 Å². The van der Waals surface area contributed by atoms with Crippen LogP contribution in [0.25, 0.3) is 5.57 Å². The van der Waals surface area contributed by atoms with Gasteiger partial charge < -0.3 is 28.7 Å². The zero-order chi connectivity index (χ0) is 29.4. The highest BCUT2D eigenvalue weighted by molar-refractivity contribution is 6.30. The molecule has 0 N–H and O–H groups in total. The van der Waals surface area contributed by atoms with Crippen LogP contribution >= 0.6 is 11.6 Å². The van der Waals surface area contributed by atoms with Gasteiger partial charge in [-0.1, -0.05) is 42.8 Å². The summed E-state index contributed by atoms with van der Waals surface area (Å²) in [5.74, 6) is 1.74. The van der Waals surface area contributed by atoms with Crippen LogP contribution < -0.4 is 18.9 Å². The molecular formula is C32H35ClN2O6. The smallest absolute Gasteiger partial charge is 0.254 e. The fourth-order valence-corrected chi connectivity index (χ4v) is 4.77. The number of rotatable bonds is 10. The summed E-state index contributed by atoms with van der Waals surface area (Å²) in [5.41, 5.74) is 2.97. The number of carbonyl (C=O) groups is 2. The highest BCUT2D eigenvalue weighted by Crippen LogP contribution is 2.38. The van der Waals surface area contributed by atoms with Crippen LogP contribution in [-0.2, 0) is 4.79 Å². The van der Waals surface area contributed by atoms with Crippen LogP contribution in [0.4, 0.5) is 0 Å². The number of ether oxygens (including phenoxy) is 4. The Hall–Kier alpha value is -4.17. The highest BCUT2D eigenvalue weighted by Gasteiger charge is 2.26. The number of methoxy groups -OCH3 is 3. The maximum absolute atomic E-state index is 13.5. The van der Waals surface area contributed by atoms with Crippen LogP contribution in [0.15, 0.2) is 66.7 Å². The summed E-state index contributed by atoms with van der Waals surface area (Å²) in [6, 6.07) is 18.4. The van der Waals surface area contributed by atoms with E-state index < -0.39 is 0 Å². The number of benzene rings is 3. The van der Waals surface area contributed by atoms with Gasteiger partial charge in [0.25, 0.3) is 5.91 Å². The van der Waals surface area contributed by atoms with E-state index in [1.54, 1.807) is 28.0 Å². The molecular weight excluding hydrogens is 544 g/mol. The van der Waals surface area contributed by atoms with Crippen molar-refractivity contribution in [1.82, 2.24) is 9.80 Å². The Morgan fingerprint density at radius 1 is 0.780 bits per heavy atom. The fourth-order valence-electron chi connectivity index (χ4n) is 4.65. The third kappa shape index (κ3) is 7.13. The maximum Gasteiger partial charge on any atom is 0.254 e. The van der Waals surface area contributed by atoms with Crippen molar-refractivity contribution in [1.29, 1.82) is 0 Å². The van der Waals surface area contributed by atoms with Gasteiger partial charge in [-0.3, -0.25) is 9.59 Å². The Balaban J connectivity index is 1.50. The summed E-state index contributed by atoms with van der Waals surface area (Å²) in [6.07, 6.45) is 2.58. The maximum atomic E-state index is 13.5. The Morgan fingerprint density at radius 3 is 1.83 bits per heavy atom. The third-order valence-corrected chi connectivity index (χ3v) is 7.10. The molecule has 2 amide bonds. The lowest BCUT2D eigenvalue weighted by Gasteiger charge is -2.34. The first-order chi connectivity index (χ1) is 19.9. The van der Waals surface area contributed by atoms with E-state index in [0.29, 0.717) is 60.6 Å². The van der Waals surface area contributed by atoms with Crippen molar-refractivity contribution >= 4 is 29.0 Å². The predicted molar refractivity (Wildman–Crippen MR) is 159 cm³/mol. The van der Waals surface area contributed by atoms with Crippen LogP contribution in [0.1, 0.15) is 34.8 Å². The zero-order valence-electron chi connectivity index (χ0n) is 23.8. The first-order valence-corrected chi connectivity index (χ1v) is 13.8. The molecule has 1 aliphatic rings. The normalized spacial score (nSPS) is 13.5. The minimum atomic E-state index is -0.167. The van der Waals surface area contributed by atoms with Crippen molar-refractivity contribution in [2.45, 2.75) is 13.3 Å². The van der Waals surface area contributed by atoms with Gasteiger partial charge in [-0.05, 0) is 59.5 Å². The van der Waals surface area contributed by atoms with E-state index in [1.165, 1.54) is 21.3 Å². The highest BCUT2D eigenvalue weighted by atomic mass is 35.5. The molecule has 0 aliphatic carbocycles. The van der Waals surface area contributed by atoms with Crippen molar-refractivity contribution in [3.8, 4) is 23.0 Å². The van der Waals surface area contributed by atoms with Crippen LogP contribution in [0.3, 0.4) is 0 Å². The molecule has 1 heterocycles. The summed E-state index contributed by atoms with van der Waals surface area (Å²) in [7, 11) is 4.54. The number of carbonyl (C=O) groups excluding carboxylic acids is 2. The molecule has 9 heteroatoms. The zero-order valence-corrected chi connectivity index (χ0v) is 24.6. The number of amides is 2. The predicted octanol–water partition coefficient (Wildman–Crippen LogP) is 5.57. The summed E-state index contributed by atoms with van der Waals surface area (Å²) in [4.78, 5) is 30.3. The molecule has 0 bridgehead atoms. The molecule has 41 heavy (non-hydrogen) atoms. The first-order valence-electron chi connectivity index (χ1n) is 13.5. The lowest BCUT2D eigenvalue weighted by atomic mass is 9.97. The molecule has 0 aromatic heterocycles. The second-order valence-electron chi connectivity index (χ2n) is 9.47. The molecule has 216 valence electrons. The SMILES string of the molecule is CCCOc1ccc(C(=CC(=O)N2CCN(C(=O)c3cc(OC)c(OC)c(OC)c3)CC2)c2ccc(Cl)cc2)cc1. The average molecular weight is 579 g/mol. The Bertz CT molecular complexity index is 1360. The molecule has 1 saturated heterocycles. The average Bonchev–Trinajstić information content (AvgIpc) is 3.02. The molecule has 0 spiro atoms. The van der Waals surface area contributed by atoms with Crippen LogP contribution in [0.5, 0.6) is 23.0 Å². The van der Waals surface area contributed by atoms with E-state index in [-0.39, 0.29) is 11.8 Å². The fraction of sp³-hybridized carbons (Fsp3) is 0.312. The van der Waals surface area contributed by atoms with Crippen molar-refractivity contribution in [2.75, 3.05) is 54.1 Å². The molecule has 4 rings (SSSR count). The molecule has 1 aliphatic heterocycles. The summed E-state index contributed by atoms with van der Waals surface area (Å²) < 4.78 is 21.9. The largest absolute Gasteiger partial charge is 0.494 e. The van der Waals surface area contributed by atoms with Crippen LogP contribution in [0, 0.1) is 0 Å². The summed E-state index contributed by atoms with van der Waals surface area (Å²) >= 11 is 6.13. The van der Waals surface area contributed by atoms with Gasteiger partial charge in [0.1, 0.15) is 5.75 Å². The van der Waals surface area contributed by atoms with Gasteiger partial charge in [0, 0.05) is 42.8 Å². The Kier molecular flexibility index (Phi) is 10.1. The van der Waals surface area contributed by atoms with E-state index in [0.717, 1.165) is 28.9 Å². The molecule has 8 nitrogen and oxygen atoms in total. The Morgan fingerprint density at radius 2 is 1.32 bits per heavy atom. The quantitative estimate of drug-likeness (QED) is 0.293. The van der Waals surface area contributed by atoms with Crippen molar-refractivity contribution in [3.63, 3.8) is 0 Å².